The molecule has 678 valence electrons. The third-order valence-corrected chi connectivity index (χ3v) is 24.9. The zero-order valence-corrected chi connectivity index (χ0v) is 92.9. The molecule has 4 aliphatic carbocycles. The Kier molecular flexibility index (Phi) is 89.2. The molecule has 24 atom stereocenters. The SMILES string of the molecule is CCCCC[C@H](O)/C=C/[C@@H]1[C@@H](C/C=C\CCCC(=O)OC)[C@@H](O)C[C@H]1O.CCCCC[C@H](O)/C=C/[C@@H]1[C@H]2C/C(=C/CCC[C-]=O)O[C@H]2C[C@H]1O.CCCCC[C@H](O)/C=C/[C@@H]1[C@H]2CC(C(I)CCCC(=O)OC)O[C@H]2C[C@H]1O.CCCCC[C@H](O)/C=C/[C@@H]1[C@H]2CC(C(I)CCCC(=O)OC)O[C@H]2C[C@H]1O.I.IC(I)I.[CH2-]I.[CH2-]I.[Na+].[OH-].[V].[V]. The molecule has 4 saturated carbocycles. The van der Waals surface area contributed by atoms with Gasteiger partial charge in [-0.2, -0.15) is 6.42 Å². The van der Waals surface area contributed by atoms with E-state index in [1.807, 2.05) is 106 Å². The zero-order chi connectivity index (χ0) is 83.9. The zero-order valence-electron chi connectivity index (χ0n) is 70.7. The fraction of sp³-hybridized carbons (Fsp3) is 0.791. The van der Waals surface area contributed by atoms with Gasteiger partial charge in [-0.1, -0.05) is 285 Å². The molecule has 10 N–H and O–H groups in total. The number of carbonyl (C=O) groups is 3. The molecule has 0 aromatic heterocycles. The molecular weight excluding hydrogens is 2490 g/mol. The van der Waals surface area contributed by atoms with Gasteiger partial charge < -0.3 is 130 Å². The molecule has 0 amide bonds. The van der Waals surface area contributed by atoms with Crippen LogP contribution in [0.1, 0.15) is 259 Å². The Morgan fingerprint density at radius 3 is 1.17 bits per heavy atom. The number of ether oxygens (including phenoxy) is 6. The fourth-order valence-electron chi connectivity index (χ4n) is 15.9. The minimum atomic E-state index is -0.568. The van der Waals surface area contributed by atoms with Crippen LogP contribution in [-0.4, -0.2) is 190 Å². The molecule has 2 radical (unpaired) electrons. The van der Waals surface area contributed by atoms with Crippen LogP contribution in [0.3, 0.4) is 0 Å². The molecule has 0 aromatic rings. The summed E-state index contributed by atoms with van der Waals surface area (Å²) in [6, 6.07) is 0. The van der Waals surface area contributed by atoms with Gasteiger partial charge in [-0.3, -0.25) is 30.5 Å². The van der Waals surface area contributed by atoms with Gasteiger partial charge in [0.05, 0.1) is 106 Å². The van der Waals surface area contributed by atoms with Gasteiger partial charge in [0.25, 0.3) is 0 Å². The number of allylic oxidation sites excluding steroid dienone is 4. The van der Waals surface area contributed by atoms with Crippen LogP contribution in [0.5, 0.6) is 0 Å². The van der Waals surface area contributed by atoms with E-state index in [4.69, 9.17) is 23.7 Å². The number of unbranched alkanes of at least 4 members (excludes halogenated alkanes) is 11. The van der Waals surface area contributed by atoms with Crippen molar-refractivity contribution in [2.75, 3.05) is 21.3 Å². The second-order valence-corrected chi connectivity index (χ2v) is 44.5. The molecule has 0 spiro atoms. The summed E-state index contributed by atoms with van der Waals surface area (Å²) in [7, 11) is 4.23. The van der Waals surface area contributed by atoms with Crippen LogP contribution in [-0.2, 0) is 84.7 Å². The molecule has 0 aromatic carbocycles. The van der Waals surface area contributed by atoms with E-state index in [1.54, 1.807) is 6.08 Å². The van der Waals surface area contributed by atoms with E-state index in [9.17, 15) is 65.1 Å². The van der Waals surface area contributed by atoms with Crippen LogP contribution in [0.2, 0.25) is 0 Å². The van der Waals surface area contributed by atoms with Gasteiger partial charge in [0.2, 0.25) is 0 Å². The van der Waals surface area contributed by atoms with Crippen LogP contribution in [0, 0.1) is 57.2 Å². The van der Waals surface area contributed by atoms with Crippen molar-refractivity contribution in [2.45, 2.75) is 352 Å². The Hall–Kier alpha value is 3.85. The number of carbonyl (C=O) groups excluding carboxylic acids is 4. The number of halogens is 8. The fourth-order valence-corrected chi connectivity index (χ4v) is 17.7. The summed E-state index contributed by atoms with van der Waals surface area (Å²) in [4.78, 5) is 50.2. The average Bonchev–Trinajstić information content (AvgIpc) is 1.65. The van der Waals surface area contributed by atoms with Gasteiger partial charge in [-0.25, -0.2) is 0 Å². The summed E-state index contributed by atoms with van der Waals surface area (Å²) in [5, 5.41) is 91.9. The van der Waals surface area contributed by atoms with Crippen LogP contribution in [0.15, 0.2) is 72.6 Å². The molecule has 7 rings (SSSR count). The Morgan fingerprint density at radius 1 is 0.470 bits per heavy atom. The van der Waals surface area contributed by atoms with Crippen molar-refractivity contribution in [1.29, 1.82) is 0 Å². The molecule has 4 unspecified atom stereocenters. The van der Waals surface area contributed by atoms with E-state index in [0.717, 1.165) is 179 Å². The summed E-state index contributed by atoms with van der Waals surface area (Å²) in [5.74, 6) is 1.44. The normalized spacial score (nSPS) is 28.1. The van der Waals surface area contributed by atoms with E-state index in [0.29, 0.717) is 83.4 Å². The van der Waals surface area contributed by atoms with Crippen LogP contribution >= 0.6 is 182 Å². The van der Waals surface area contributed by atoms with E-state index >= 15 is 0 Å². The number of esters is 3. The number of alkyl halides is 5. The molecule has 0 bridgehead atoms. The second kappa shape index (κ2) is 80.7. The van der Waals surface area contributed by atoms with Crippen molar-refractivity contribution < 1.29 is 166 Å². The minimum absolute atomic E-state index is 0. The first-order valence-corrected chi connectivity index (χ1v) is 50.5. The van der Waals surface area contributed by atoms with Gasteiger partial charge in [0.1, 0.15) is 6.04 Å². The van der Waals surface area contributed by atoms with Crippen molar-refractivity contribution >= 4 is 206 Å². The van der Waals surface area contributed by atoms with Crippen molar-refractivity contribution in [3.8, 4) is 0 Å². The first-order chi connectivity index (χ1) is 53.8. The van der Waals surface area contributed by atoms with Crippen molar-refractivity contribution in [1.82, 2.24) is 0 Å². The molecule has 117 heavy (non-hydrogen) atoms. The Morgan fingerprint density at radius 2 is 0.812 bits per heavy atom. The summed E-state index contributed by atoms with van der Waals surface area (Å²) in [5.41, 5.74) is 0. The smallest absolute Gasteiger partial charge is 0.870 e. The van der Waals surface area contributed by atoms with E-state index in [1.165, 1.54) is 21.3 Å². The molecule has 3 saturated heterocycles. The predicted octanol–water partition coefficient (Wildman–Crippen LogP) is 16.6. The predicted molar refractivity (Wildman–Crippen MR) is 526 cm³/mol. The number of hydrogen-bond donors (Lipinski definition) is 9. The van der Waals surface area contributed by atoms with E-state index in [2.05, 4.69) is 161 Å². The number of methoxy groups -OCH3 is 3. The van der Waals surface area contributed by atoms with Gasteiger partial charge in [-0.15, -0.1) is 24.0 Å². The second-order valence-electron chi connectivity index (χ2n) is 30.4. The van der Waals surface area contributed by atoms with E-state index in [-0.39, 0.29) is 192 Å². The number of fused-ring (bicyclic) bond motifs is 3. The Bertz CT molecular complexity index is 2540. The monoisotopic (exact) mass is 2640 g/mol. The van der Waals surface area contributed by atoms with Gasteiger partial charge >= 0.3 is 47.5 Å². The van der Waals surface area contributed by atoms with Crippen molar-refractivity contribution in [3.63, 3.8) is 0 Å². The maximum atomic E-state index is 11.3. The number of aliphatic hydroxyl groups excluding tert-OH is 9. The summed E-state index contributed by atoms with van der Waals surface area (Å²) < 4.78 is 33.9. The molecule has 20 nitrogen and oxygen atoms in total. The first kappa shape index (κ1) is 129. The van der Waals surface area contributed by atoms with Crippen molar-refractivity contribution in [3.05, 3.63) is 82.5 Å². The quantitative estimate of drug-likeness (QED) is 0.00400. The number of hydrogen-bond acceptors (Lipinski definition) is 20. The largest absolute Gasteiger partial charge is 1.00 e. The minimum Gasteiger partial charge on any atom is -0.870 e. The number of rotatable bonds is 44. The number of aliphatic hydroxyl groups is 9. The summed E-state index contributed by atoms with van der Waals surface area (Å²) >= 11 is 15.6. The summed E-state index contributed by atoms with van der Waals surface area (Å²) in [6.07, 6.45) is 50.5. The van der Waals surface area contributed by atoms with Gasteiger partial charge in [0, 0.05) is 126 Å². The molecule has 31 heteroatoms. The Balaban J connectivity index is -0.000000456. The maximum Gasteiger partial charge on any atom is 1.00 e. The topological polar surface area (TPSA) is 336 Å². The van der Waals surface area contributed by atoms with Crippen molar-refractivity contribution in [2.24, 2.45) is 47.3 Å². The van der Waals surface area contributed by atoms with Crippen LogP contribution in [0.4, 0.5) is 0 Å². The third kappa shape index (κ3) is 55.7. The van der Waals surface area contributed by atoms with Crippen LogP contribution in [0.25, 0.3) is 0 Å². The van der Waals surface area contributed by atoms with Crippen LogP contribution < -0.4 is 29.6 Å². The molecule has 7 fully saturated rings. The maximum absolute atomic E-state index is 11.3. The molecule has 3 aliphatic heterocycles. The van der Waals surface area contributed by atoms with E-state index < -0.39 is 36.6 Å². The molecular formula is C86H144I8NaO20V2-3. The standard InChI is InChI=1S/2C21H35IO5.C21H36O5.C20H31O4.CHI3.2CH2I.HI.Na.H2O.2V/c2*1-3-4-5-7-14(23)10-11-15-16-12-20(27-19(16)13-18(15)24)17(22)8-6-9-21(25)26-2;1-3-4-7-10-16(22)13-14-18-17(19(23)15-20(18)24)11-8-5-6-9-12-21(25)26-2;1-2-3-5-8-15(22)10-11-17-18-13-16(9-6-4-7-12-21)24-20(18)14-19(17)23;2-1(3)4;2*1-2;;;;;/h2*10-11,14-20,23-24H,3-9,12-13H2,1-2H3;5,8,13-14,16-20,22-24H,3-4,6-7,9-12,15H2,1-2H3;9-11,15,17-20,22-23H,2-8,13-14H2,1H3;1H;2*1H2;1H;;1H2;;/q;;;-1;;2*-1;;+1;;;/p-1/b2*11-10+;8-5-,14-13+;11-10+,16-9-;;;;;;;;/t2*14-,15+,16+,17?,18+,19-,20?;16-,17+,18+,19-,20+;15-,17+,18+,19+,20-;;;;;;;;/m0000......../s1. The molecule has 3 heterocycles. The van der Waals surface area contributed by atoms with Gasteiger partial charge in [-0.05, 0) is 114 Å². The Labute approximate surface area is 863 Å². The third-order valence-electron chi connectivity index (χ3n) is 22.1. The average molecular weight is 2640 g/mol. The van der Waals surface area contributed by atoms with Gasteiger partial charge in [0.15, 0.2) is 0 Å². The molecule has 7 aliphatic rings. The first-order valence-electron chi connectivity index (χ1n) is 41.3. The summed E-state index contributed by atoms with van der Waals surface area (Å²) in [6.45, 7) is 8.60.